The van der Waals surface area contributed by atoms with Crippen LogP contribution in [0.5, 0.6) is 0 Å². The highest BCUT2D eigenvalue weighted by Gasteiger charge is 2.08. The van der Waals surface area contributed by atoms with Crippen LogP contribution < -0.4 is 11.3 Å². The molecule has 0 rings (SSSR count). The van der Waals surface area contributed by atoms with E-state index >= 15 is 0 Å². The van der Waals surface area contributed by atoms with Gasteiger partial charge in [-0.15, -0.1) is 0 Å². The molecule has 0 aliphatic rings. The SMILES string of the molecule is CN(CCC(=O)NN)CCS(=O)(=O)O. The zero-order chi connectivity index (χ0) is 11.2. The molecule has 8 heteroatoms. The Hall–Kier alpha value is -0.700. The summed E-state index contributed by atoms with van der Waals surface area (Å²) < 4.78 is 29.2. The Bertz CT molecular complexity index is 277. The molecule has 0 unspecified atom stereocenters. The lowest BCUT2D eigenvalue weighted by Gasteiger charge is -2.14. The fourth-order valence-electron chi connectivity index (χ4n) is 0.748. The number of nitrogens with one attached hydrogen (secondary N) is 1. The number of hydrazine groups is 1. The van der Waals surface area contributed by atoms with Gasteiger partial charge in [0.05, 0.1) is 5.75 Å². The van der Waals surface area contributed by atoms with Gasteiger partial charge in [0.2, 0.25) is 5.91 Å². The summed E-state index contributed by atoms with van der Waals surface area (Å²) >= 11 is 0. The average molecular weight is 225 g/mol. The Morgan fingerprint density at radius 1 is 1.50 bits per heavy atom. The van der Waals surface area contributed by atoms with Gasteiger partial charge in [0.25, 0.3) is 10.1 Å². The normalized spacial score (nSPS) is 11.7. The van der Waals surface area contributed by atoms with Crippen molar-refractivity contribution in [3.8, 4) is 0 Å². The van der Waals surface area contributed by atoms with E-state index in [0.29, 0.717) is 6.54 Å². The third kappa shape index (κ3) is 7.92. The maximum Gasteiger partial charge on any atom is 0.266 e. The third-order valence-corrected chi connectivity index (χ3v) is 2.31. The molecule has 0 fully saturated rings. The van der Waals surface area contributed by atoms with Crippen LogP contribution in [0.4, 0.5) is 0 Å². The maximum atomic E-state index is 10.7. The van der Waals surface area contributed by atoms with E-state index in [0.717, 1.165) is 0 Å². The van der Waals surface area contributed by atoms with E-state index in [1.165, 1.54) is 0 Å². The number of hydrogen-bond acceptors (Lipinski definition) is 5. The van der Waals surface area contributed by atoms with Gasteiger partial charge in [0.15, 0.2) is 0 Å². The van der Waals surface area contributed by atoms with E-state index in [2.05, 4.69) is 0 Å². The van der Waals surface area contributed by atoms with Gasteiger partial charge in [0.1, 0.15) is 0 Å². The number of carbonyl (C=O) groups excluding carboxylic acids is 1. The molecular weight excluding hydrogens is 210 g/mol. The van der Waals surface area contributed by atoms with Gasteiger partial charge in [0, 0.05) is 19.5 Å². The minimum atomic E-state index is -3.93. The van der Waals surface area contributed by atoms with Crippen LogP contribution in [-0.2, 0) is 14.9 Å². The zero-order valence-electron chi connectivity index (χ0n) is 7.93. The quantitative estimate of drug-likeness (QED) is 0.212. The first-order valence-electron chi connectivity index (χ1n) is 3.98. The summed E-state index contributed by atoms with van der Waals surface area (Å²) in [7, 11) is -2.28. The van der Waals surface area contributed by atoms with Crippen molar-refractivity contribution in [2.75, 3.05) is 25.9 Å². The van der Waals surface area contributed by atoms with Crippen molar-refractivity contribution in [1.82, 2.24) is 10.3 Å². The summed E-state index contributed by atoms with van der Waals surface area (Å²) in [5.74, 6) is 4.19. The predicted octanol–water partition coefficient (Wildman–Crippen LogP) is -1.81. The molecule has 84 valence electrons. The van der Waals surface area contributed by atoms with Crippen LogP contribution >= 0.6 is 0 Å². The monoisotopic (exact) mass is 225 g/mol. The smallest absolute Gasteiger partial charge is 0.266 e. The fraction of sp³-hybridized carbons (Fsp3) is 0.833. The van der Waals surface area contributed by atoms with Crippen molar-refractivity contribution >= 4 is 16.0 Å². The molecule has 0 spiro atoms. The Morgan fingerprint density at radius 3 is 2.50 bits per heavy atom. The second-order valence-corrected chi connectivity index (χ2v) is 4.48. The number of amides is 1. The second kappa shape index (κ2) is 5.91. The molecule has 14 heavy (non-hydrogen) atoms. The van der Waals surface area contributed by atoms with Crippen molar-refractivity contribution in [3.05, 3.63) is 0 Å². The van der Waals surface area contributed by atoms with E-state index in [1.54, 1.807) is 11.9 Å². The van der Waals surface area contributed by atoms with Gasteiger partial charge < -0.3 is 4.90 Å². The zero-order valence-corrected chi connectivity index (χ0v) is 8.75. The summed E-state index contributed by atoms with van der Waals surface area (Å²) in [5.41, 5.74) is 1.96. The first-order chi connectivity index (χ1) is 6.35. The molecule has 7 nitrogen and oxygen atoms in total. The third-order valence-electron chi connectivity index (χ3n) is 1.61. The van der Waals surface area contributed by atoms with Gasteiger partial charge in [-0.2, -0.15) is 8.42 Å². The molecule has 1 amide bonds. The first kappa shape index (κ1) is 13.3. The molecule has 0 bridgehead atoms. The van der Waals surface area contributed by atoms with Crippen LogP contribution in [0.2, 0.25) is 0 Å². The summed E-state index contributed by atoms with van der Waals surface area (Å²) in [4.78, 5) is 12.3. The average Bonchev–Trinajstić information content (AvgIpc) is 2.09. The Balaban J connectivity index is 3.66. The van der Waals surface area contributed by atoms with E-state index < -0.39 is 10.1 Å². The van der Waals surface area contributed by atoms with E-state index in [1.807, 2.05) is 5.43 Å². The van der Waals surface area contributed by atoms with Gasteiger partial charge in [-0.3, -0.25) is 14.8 Å². The number of nitrogens with zero attached hydrogens (tertiary/aromatic N) is 1. The molecule has 0 saturated heterocycles. The highest BCUT2D eigenvalue weighted by Crippen LogP contribution is 1.90. The molecule has 0 aromatic rings. The molecule has 0 aliphatic carbocycles. The van der Waals surface area contributed by atoms with E-state index in [9.17, 15) is 13.2 Å². The minimum Gasteiger partial charge on any atom is -0.305 e. The highest BCUT2D eigenvalue weighted by atomic mass is 32.2. The lowest BCUT2D eigenvalue weighted by Crippen LogP contribution is -2.34. The molecule has 0 aromatic heterocycles. The van der Waals surface area contributed by atoms with Gasteiger partial charge >= 0.3 is 0 Å². The number of nitrogens with two attached hydrogens (primary N) is 1. The van der Waals surface area contributed by atoms with Gasteiger partial charge in [-0.25, -0.2) is 5.84 Å². The van der Waals surface area contributed by atoms with Crippen LogP contribution in [-0.4, -0.2) is 49.7 Å². The standard InChI is InChI=1S/C6H15N3O4S/c1-9(3-2-6(10)8-7)4-5-14(11,12)13/h2-5,7H2,1H3,(H,8,10)(H,11,12,13). The van der Waals surface area contributed by atoms with E-state index in [-0.39, 0.29) is 24.6 Å². The van der Waals surface area contributed by atoms with Crippen molar-refractivity contribution in [1.29, 1.82) is 0 Å². The number of rotatable bonds is 6. The lowest BCUT2D eigenvalue weighted by atomic mass is 10.4. The Labute approximate surface area is 83.0 Å². The first-order valence-corrected chi connectivity index (χ1v) is 5.59. The Kier molecular flexibility index (Phi) is 5.62. The molecule has 0 heterocycles. The van der Waals surface area contributed by atoms with Crippen LogP contribution in [0.15, 0.2) is 0 Å². The minimum absolute atomic E-state index is 0.177. The van der Waals surface area contributed by atoms with Crippen LogP contribution in [0, 0.1) is 0 Å². The molecule has 0 aromatic carbocycles. The summed E-state index contributed by atoms with van der Waals surface area (Å²) in [5, 5.41) is 0. The van der Waals surface area contributed by atoms with Crippen molar-refractivity contribution in [3.63, 3.8) is 0 Å². The maximum absolute atomic E-state index is 10.7. The van der Waals surface area contributed by atoms with Crippen LogP contribution in [0.1, 0.15) is 6.42 Å². The van der Waals surface area contributed by atoms with E-state index in [4.69, 9.17) is 10.4 Å². The second-order valence-electron chi connectivity index (χ2n) is 2.91. The molecule has 0 saturated carbocycles. The summed E-state index contributed by atoms with van der Waals surface area (Å²) in [6.45, 7) is 0.565. The summed E-state index contributed by atoms with van der Waals surface area (Å²) in [6.07, 6.45) is 0.193. The largest absolute Gasteiger partial charge is 0.305 e. The Morgan fingerprint density at radius 2 is 2.07 bits per heavy atom. The van der Waals surface area contributed by atoms with Crippen molar-refractivity contribution in [2.45, 2.75) is 6.42 Å². The van der Waals surface area contributed by atoms with Crippen LogP contribution in [0.3, 0.4) is 0 Å². The van der Waals surface area contributed by atoms with Gasteiger partial charge in [-0.05, 0) is 7.05 Å². The number of hydrogen-bond donors (Lipinski definition) is 3. The topological polar surface area (TPSA) is 113 Å². The number of carbonyl (C=O) groups is 1. The summed E-state index contributed by atoms with van der Waals surface area (Å²) in [6, 6.07) is 0. The lowest BCUT2D eigenvalue weighted by molar-refractivity contribution is -0.121. The van der Waals surface area contributed by atoms with Crippen LogP contribution in [0.25, 0.3) is 0 Å². The molecule has 0 aliphatic heterocycles. The fourth-order valence-corrected chi connectivity index (χ4v) is 1.29. The molecular formula is C6H15N3O4S. The highest BCUT2D eigenvalue weighted by molar-refractivity contribution is 7.85. The molecule has 0 atom stereocenters. The van der Waals surface area contributed by atoms with Crippen molar-refractivity contribution in [2.24, 2.45) is 5.84 Å². The molecule has 0 radical (unpaired) electrons. The molecule has 4 N–H and O–H groups in total. The predicted molar refractivity (Wildman–Crippen MR) is 50.9 cm³/mol. The van der Waals surface area contributed by atoms with Crippen molar-refractivity contribution < 1.29 is 17.8 Å². The van der Waals surface area contributed by atoms with Gasteiger partial charge in [-0.1, -0.05) is 0 Å².